The molecule has 0 heterocycles. The number of thiol groups is 1. The molecule has 0 saturated carbocycles. The number of carboxylic acid groups (broad SMARTS) is 2. The van der Waals surface area contributed by atoms with E-state index in [1.54, 1.807) is 0 Å². The Hall–Kier alpha value is 1.83. The van der Waals surface area contributed by atoms with E-state index >= 15 is 0 Å². The number of aliphatic carboxylic acids is 2. The van der Waals surface area contributed by atoms with Crippen LogP contribution in [0.5, 0.6) is 0 Å². The molecular formula is C26H51NNa4O9S. The van der Waals surface area contributed by atoms with Crippen molar-refractivity contribution in [3.8, 4) is 0 Å². The molecule has 0 aromatic rings. The molecule has 0 aromatic carbocycles. The van der Waals surface area contributed by atoms with Crippen molar-refractivity contribution < 1.29 is 42.0 Å². The Morgan fingerprint density at radius 1 is 0.659 bits per heavy atom. The number of amides is 1. The number of carboxylic acids is 2. The van der Waals surface area contributed by atoms with E-state index in [2.05, 4.69) is 11.1 Å². The van der Waals surface area contributed by atoms with Gasteiger partial charge in [0, 0.05) is 13.0 Å². The number of carbonyl (C=O) groups excluding carboxylic acids is 2. The zero-order valence-electron chi connectivity index (χ0n) is 22.4. The summed E-state index contributed by atoms with van der Waals surface area (Å²) in [6.45, 7) is 2.28. The molecule has 0 saturated heterocycles. The fraction of sp³-hybridized carbons (Fsp3) is 0.846. The summed E-state index contributed by atoms with van der Waals surface area (Å²) in [4.78, 5) is 47.6. The van der Waals surface area contributed by atoms with Crippen LogP contribution in [-0.2, 0) is 34.3 Å². The molecule has 0 spiro atoms. The maximum absolute atomic E-state index is 12.6. The van der Waals surface area contributed by atoms with Gasteiger partial charge in [0.25, 0.3) is 0 Å². The minimum absolute atomic E-state index is 0. The summed E-state index contributed by atoms with van der Waals surface area (Å²) in [5.74, 6) is -4.66. The van der Waals surface area contributed by atoms with E-state index in [1.165, 1.54) is 70.6 Å². The molecule has 2 N–H and O–H groups in total. The first kappa shape index (κ1) is 52.4. The Bertz CT molecular complexity index is 750. The van der Waals surface area contributed by atoms with Gasteiger partial charge in [-0.2, -0.15) is 8.42 Å². The molecule has 41 heavy (non-hydrogen) atoms. The molecule has 0 aliphatic heterocycles. The van der Waals surface area contributed by atoms with E-state index in [4.69, 9.17) is 5.11 Å². The molecule has 15 heteroatoms. The second-order valence-corrected chi connectivity index (χ2v) is 10.2. The van der Waals surface area contributed by atoms with Crippen molar-refractivity contribution >= 4 is 153 Å². The number of nitrogens with zero attached hydrogens (tertiary/aromatic N) is 1. The van der Waals surface area contributed by atoms with Crippen molar-refractivity contribution in [2.75, 3.05) is 6.54 Å². The Balaban J connectivity index is -0.00000108. The van der Waals surface area contributed by atoms with Crippen LogP contribution in [0.2, 0.25) is 0 Å². The van der Waals surface area contributed by atoms with Crippen LogP contribution >= 0.6 is 0 Å². The number of rotatable bonds is 25. The summed E-state index contributed by atoms with van der Waals surface area (Å²) in [7, 11) is -3.39. The van der Waals surface area contributed by atoms with Crippen molar-refractivity contribution in [2.45, 2.75) is 135 Å². The minimum atomic E-state index is -3.39. The summed E-state index contributed by atoms with van der Waals surface area (Å²) < 4.78 is 24.9. The summed E-state index contributed by atoms with van der Waals surface area (Å²) in [5.41, 5.74) is 0. The molecular weight excluding hydrogens is 594 g/mol. The van der Waals surface area contributed by atoms with E-state index in [1.807, 2.05) is 0 Å². The fourth-order valence-corrected chi connectivity index (χ4v) is 4.52. The van der Waals surface area contributed by atoms with Gasteiger partial charge in [0.05, 0.1) is 12.8 Å². The van der Waals surface area contributed by atoms with Crippen LogP contribution in [0.25, 0.3) is 0 Å². The van der Waals surface area contributed by atoms with Crippen molar-refractivity contribution in [3.05, 3.63) is 0 Å². The van der Waals surface area contributed by atoms with Crippen molar-refractivity contribution in [1.29, 1.82) is 0 Å². The molecule has 0 rings (SSSR count). The van der Waals surface area contributed by atoms with Gasteiger partial charge in [-0.15, -0.1) is 0 Å². The molecule has 1 amide bonds. The topological polar surface area (TPSA) is 155 Å². The molecule has 0 bridgehead atoms. The van der Waals surface area contributed by atoms with E-state index in [9.17, 15) is 32.7 Å². The number of carbonyl (C=O) groups is 4. The fourth-order valence-electron chi connectivity index (χ4n) is 4.26. The number of hydrogen-bond donors (Lipinski definition) is 3. The van der Waals surface area contributed by atoms with Gasteiger partial charge in [-0.3, -0.25) is 14.4 Å². The molecule has 0 aromatic heterocycles. The van der Waals surface area contributed by atoms with Gasteiger partial charge in [0.1, 0.15) is 6.04 Å². The predicted octanol–water partition coefficient (Wildman–Crippen LogP) is 2.26. The molecule has 0 fully saturated rings. The first-order chi connectivity index (χ1) is 17.7. The van der Waals surface area contributed by atoms with Crippen LogP contribution in [0, 0.1) is 0 Å². The first-order valence-corrected chi connectivity index (χ1v) is 14.9. The quantitative estimate of drug-likeness (QED) is 0.0771. The van der Waals surface area contributed by atoms with Crippen molar-refractivity contribution in [1.82, 2.24) is 4.90 Å². The average Bonchev–Trinajstić information content (AvgIpc) is 2.82. The average molecular weight is 646 g/mol. The summed E-state index contributed by atoms with van der Waals surface area (Å²) >= 11 is 0. The zero-order valence-corrected chi connectivity index (χ0v) is 23.3. The molecule has 0 radical (unpaired) electrons. The van der Waals surface area contributed by atoms with Gasteiger partial charge in [-0.25, -0.2) is 4.79 Å². The van der Waals surface area contributed by atoms with E-state index in [-0.39, 0.29) is 125 Å². The van der Waals surface area contributed by atoms with Gasteiger partial charge >= 0.3 is 147 Å². The van der Waals surface area contributed by atoms with Crippen LogP contribution in [0.3, 0.4) is 0 Å². The number of unbranched alkanes of at least 4 members (excludes halogenated alkanes) is 15. The van der Waals surface area contributed by atoms with Crippen LogP contribution in [0.1, 0.15) is 129 Å². The third-order valence-electron chi connectivity index (χ3n) is 6.32. The summed E-state index contributed by atoms with van der Waals surface area (Å²) in [5, 5.41) is 18.5. The van der Waals surface area contributed by atoms with Crippen molar-refractivity contribution in [2.24, 2.45) is 0 Å². The van der Waals surface area contributed by atoms with E-state index in [0.29, 0.717) is 6.42 Å². The number of hydrogen-bond acceptors (Lipinski definition) is 7. The molecule has 0 aliphatic carbocycles. The molecule has 0 aliphatic rings. The van der Waals surface area contributed by atoms with Gasteiger partial charge < -0.3 is 19.3 Å². The third-order valence-corrected chi connectivity index (χ3v) is 6.67. The SMILES string of the molecule is CCCCCCCCCCCCCCCCCCN(C(=O)CCC(=O)O[SH](=O)=O)C(CC(=O)O)C(=O)O.[NaH].[NaH].[NaH].[NaH]. The van der Waals surface area contributed by atoms with Gasteiger partial charge in [0.2, 0.25) is 5.91 Å². The standard InChI is InChI=1S/C26H47NO9S.4Na.4H/c1-2-3-4-5-6-7-8-9-10-11-12-13-14-15-16-17-20-27(22(26(32)33)21-24(29)30)23(28)18-19-25(31)36-37(34)35;;;;;;;;/h22,37H,2-21H2,1H3,(H,29,30)(H,32,33);;;;;;;;. The monoisotopic (exact) mass is 645 g/mol. The van der Waals surface area contributed by atoms with Crippen molar-refractivity contribution in [3.63, 3.8) is 0 Å². The van der Waals surface area contributed by atoms with Gasteiger partial charge in [0.15, 0.2) is 0 Å². The summed E-state index contributed by atoms with van der Waals surface area (Å²) in [6, 6.07) is -1.56. The Morgan fingerprint density at radius 2 is 1.05 bits per heavy atom. The predicted molar refractivity (Wildman–Crippen MR) is 169 cm³/mol. The molecule has 1 unspecified atom stereocenters. The normalized spacial score (nSPS) is 10.7. The van der Waals surface area contributed by atoms with E-state index < -0.39 is 60.1 Å². The molecule has 1 atom stereocenters. The Morgan fingerprint density at radius 3 is 1.39 bits per heavy atom. The van der Waals surface area contributed by atoms with Crippen LogP contribution in [0.4, 0.5) is 0 Å². The van der Waals surface area contributed by atoms with E-state index in [0.717, 1.165) is 30.6 Å². The Kier molecular flexibility index (Phi) is 46.4. The van der Waals surface area contributed by atoms with Gasteiger partial charge in [-0.1, -0.05) is 103 Å². The Labute approximate surface area is 336 Å². The molecule has 10 nitrogen and oxygen atoms in total. The van der Waals surface area contributed by atoms with Gasteiger partial charge in [-0.05, 0) is 6.42 Å². The second kappa shape index (κ2) is 36.3. The summed E-state index contributed by atoms with van der Waals surface area (Å²) in [6.07, 6.45) is 16.9. The van der Waals surface area contributed by atoms with Crippen LogP contribution in [0.15, 0.2) is 0 Å². The van der Waals surface area contributed by atoms with Crippen LogP contribution < -0.4 is 0 Å². The molecule has 224 valence electrons. The van der Waals surface area contributed by atoms with Crippen LogP contribution in [-0.4, -0.2) is 178 Å². The first-order valence-electron chi connectivity index (χ1n) is 13.8. The zero-order chi connectivity index (χ0) is 27.9. The maximum atomic E-state index is 12.6. The third kappa shape index (κ3) is 33.0. The second-order valence-electron chi connectivity index (χ2n) is 9.53.